The quantitative estimate of drug-likeness (QED) is 0.571. The second-order valence-electron chi connectivity index (χ2n) is 3.42. The lowest BCUT2D eigenvalue weighted by Gasteiger charge is -2.06. The van der Waals surface area contributed by atoms with E-state index in [2.05, 4.69) is 0 Å². The van der Waals surface area contributed by atoms with Gasteiger partial charge in [-0.15, -0.1) is 0 Å². The van der Waals surface area contributed by atoms with Gasteiger partial charge in [0.1, 0.15) is 5.82 Å². The van der Waals surface area contributed by atoms with E-state index in [9.17, 15) is 18.4 Å². The van der Waals surface area contributed by atoms with Crippen LogP contribution in [0.1, 0.15) is 30.1 Å². The molecule has 0 bridgehead atoms. The van der Waals surface area contributed by atoms with Crippen molar-refractivity contribution in [3.63, 3.8) is 0 Å². The monoisotopic (exact) mass is 226 g/mol. The first-order chi connectivity index (χ1) is 7.57. The lowest BCUT2D eigenvalue weighted by Crippen LogP contribution is -2.26. The molecule has 2 nitrogen and oxygen atoms in total. The average molecular weight is 226 g/mol. The van der Waals surface area contributed by atoms with E-state index in [1.807, 2.05) is 0 Å². The normalized spacial score (nSPS) is 12.2. The molecule has 0 fully saturated rings. The molecule has 86 valence electrons. The Hall–Kier alpha value is -1.58. The van der Waals surface area contributed by atoms with Gasteiger partial charge < -0.3 is 0 Å². The van der Waals surface area contributed by atoms with E-state index >= 15 is 0 Å². The number of benzene rings is 1. The van der Waals surface area contributed by atoms with Gasteiger partial charge >= 0.3 is 0 Å². The first-order valence-corrected chi connectivity index (χ1v) is 5.03. The Bertz CT molecular complexity index is 402. The van der Waals surface area contributed by atoms with Crippen LogP contribution in [0.25, 0.3) is 0 Å². The molecule has 0 aliphatic carbocycles. The van der Waals surface area contributed by atoms with Crippen molar-refractivity contribution in [3.05, 3.63) is 35.6 Å². The molecule has 1 aromatic carbocycles. The van der Waals surface area contributed by atoms with Gasteiger partial charge in [-0.25, -0.2) is 8.78 Å². The third-order valence-corrected chi connectivity index (χ3v) is 2.15. The first kappa shape index (κ1) is 12.5. The van der Waals surface area contributed by atoms with Crippen LogP contribution in [0, 0.1) is 5.82 Å². The second-order valence-corrected chi connectivity index (χ2v) is 3.42. The Balaban J connectivity index is 2.86. The van der Waals surface area contributed by atoms with E-state index in [-0.39, 0.29) is 12.0 Å². The fourth-order valence-corrected chi connectivity index (χ4v) is 1.32. The van der Waals surface area contributed by atoms with Crippen LogP contribution in [-0.2, 0) is 4.79 Å². The van der Waals surface area contributed by atoms with Crippen LogP contribution < -0.4 is 0 Å². The largest absolute Gasteiger partial charge is 0.296 e. The molecule has 0 N–H and O–H groups in total. The van der Waals surface area contributed by atoms with Crippen LogP contribution in [0.5, 0.6) is 0 Å². The third-order valence-electron chi connectivity index (χ3n) is 2.15. The fourth-order valence-electron chi connectivity index (χ4n) is 1.32. The molecule has 0 spiro atoms. The summed E-state index contributed by atoms with van der Waals surface area (Å²) in [6.07, 6.45) is -1.80. The number of Topliss-reactive ketones (excluding diaryl/α,β-unsaturated/α-hetero) is 2. The van der Waals surface area contributed by atoms with E-state index in [1.54, 1.807) is 6.92 Å². The van der Waals surface area contributed by atoms with Crippen LogP contribution in [0.3, 0.4) is 0 Å². The summed E-state index contributed by atoms with van der Waals surface area (Å²) in [6, 6.07) is 5.05. The number of halogens is 2. The molecule has 1 unspecified atom stereocenters. The van der Waals surface area contributed by atoms with Crippen LogP contribution in [0.15, 0.2) is 24.3 Å². The predicted molar refractivity (Wildman–Crippen MR) is 55.5 cm³/mol. The number of hydrogen-bond donors (Lipinski definition) is 0. The van der Waals surface area contributed by atoms with Gasteiger partial charge in [0.25, 0.3) is 0 Å². The van der Waals surface area contributed by atoms with Crippen molar-refractivity contribution in [2.24, 2.45) is 0 Å². The Labute approximate surface area is 92.3 Å². The van der Waals surface area contributed by atoms with Crippen molar-refractivity contribution in [1.82, 2.24) is 0 Å². The topological polar surface area (TPSA) is 34.1 Å². The van der Waals surface area contributed by atoms with E-state index in [0.717, 1.165) is 6.07 Å². The first-order valence-electron chi connectivity index (χ1n) is 5.03. The minimum Gasteiger partial charge on any atom is -0.296 e. The van der Waals surface area contributed by atoms with Gasteiger partial charge in [0, 0.05) is 6.42 Å². The average Bonchev–Trinajstić information content (AvgIpc) is 2.28. The highest BCUT2D eigenvalue weighted by atomic mass is 19.1. The fraction of sp³-hybridized carbons (Fsp3) is 0.333. The highest BCUT2D eigenvalue weighted by Crippen LogP contribution is 2.13. The van der Waals surface area contributed by atoms with Crippen molar-refractivity contribution in [3.8, 4) is 0 Å². The van der Waals surface area contributed by atoms with E-state index in [1.165, 1.54) is 18.2 Å². The summed E-state index contributed by atoms with van der Waals surface area (Å²) in [5, 5.41) is 0. The summed E-state index contributed by atoms with van der Waals surface area (Å²) < 4.78 is 26.5. The van der Waals surface area contributed by atoms with Gasteiger partial charge in [-0.2, -0.15) is 0 Å². The molecule has 0 aromatic heterocycles. The molecule has 0 saturated heterocycles. The number of rotatable bonds is 5. The molecular weight excluding hydrogens is 214 g/mol. The minimum absolute atomic E-state index is 0.0125. The maximum Gasteiger partial charge on any atom is 0.220 e. The summed E-state index contributed by atoms with van der Waals surface area (Å²) >= 11 is 0. The number of ketones is 2. The molecule has 0 amide bonds. The van der Waals surface area contributed by atoms with E-state index in [4.69, 9.17) is 0 Å². The molecule has 0 saturated carbocycles. The predicted octanol–water partition coefficient (Wildman–Crippen LogP) is 2.72. The van der Waals surface area contributed by atoms with Crippen LogP contribution in [-0.4, -0.2) is 17.7 Å². The summed E-state index contributed by atoms with van der Waals surface area (Å²) in [5.74, 6) is -2.70. The molecule has 0 aliphatic rings. The molecule has 1 atom stereocenters. The molecule has 4 heteroatoms. The van der Waals surface area contributed by atoms with Gasteiger partial charge in [0.05, 0.1) is 5.56 Å². The standard InChI is InChI=1S/C12H12F2O2/c1-2-5-10(15)11(14)12(16)8-6-3-4-7-9(8)13/h3-4,6-7,11H,2,5H2,1H3. The zero-order valence-electron chi connectivity index (χ0n) is 8.87. The maximum absolute atomic E-state index is 13.4. The van der Waals surface area contributed by atoms with Crippen LogP contribution in [0.4, 0.5) is 8.78 Å². The molecule has 16 heavy (non-hydrogen) atoms. The number of hydrogen-bond acceptors (Lipinski definition) is 2. The second kappa shape index (κ2) is 5.49. The molecule has 1 rings (SSSR count). The van der Waals surface area contributed by atoms with Gasteiger partial charge in [-0.05, 0) is 18.6 Å². The SMILES string of the molecule is CCCC(=O)C(F)C(=O)c1ccccc1F. The Kier molecular flexibility index (Phi) is 4.28. The van der Waals surface area contributed by atoms with Crippen LogP contribution >= 0.6 is 0 Å². The van der Waals surface area contributed by atoms with Crippen molar-refractivity contribution in [1.29, 1.82) is 0 Å². The third kappa shape index (κ3) is 2.72. The zero-order valence-corrected chi connectivity index (χ0v) is 8.87. The molecule has 0 heterocycles. The summed E-state index contributed by atoms with van der Waals surface area (Å²) in [7, 11) is 0. The number of carbonyl (C=O) groups excluding carboxylic acids is 2. The van der Waals surface area contributed by atoms with Crippen molar-refractivity contribution in [2.45, 2.75) is 25.9 Å². The van der Waals surface area contributed by atoms with Gasteiger partial charge in [-0.3, -0.25) is 9.59 Å². The molecule has 0 aliphatic heterocycles. The summed E-state index contributed by atoms with van der Waals surface area (Å²) in [4.78, 5) is 22.6. The van der Waals surface area contributed by atoms with Crippen molar-refractivity contribution in [2.75, 3.05) is 0 Å². The summed E-state index contributed by atoms with van der Waals surface area (Å²) in [5.41, 5.74) is -0.376. The lowest BCUT2D eigenvalue weighted by atomic mass is 10.0. The Morgan fingerprint density at radius 2 is 1.94 bits per heavy atom. The number of alkyl halides is 1. The van der Waals surface area contributed by atoms with Crippen molar-refractivity contribution >= 4 is 11.6 Å². The van der Waals surface area contributed by atoms with E-state index < -0.39 is 23.6 Å². The zero-order chi connectivity index (χ0) is 12.1. The maximum atomic E-state index is 13.4. The minimum atomic E-state index is -2.25. The highest BCUT2D eigenvalue weighted by Gasteiger charge is 2.27. The lowest BCUT2D eigenvalue weighted by molar-refractivity contribution is -0.122. The molecule has 1 aromatic rings. The number of carbonyl (C=O) groups is 2. The van der Waals surface area contributed by atoms with Crippen LogP contribution in [0.2, 0.25) is 0 Å². The van der Waals surface area contributed by atoms with Gasteiger partial charge in [0.15, 0.2) is 5.78 Å². The van der Waals surface area contributed by atoms with Crippen molar-refractivity contribution < 1.29 is 18.4 Å². The Morgan fingerprint density at radius 1 is 1.31 bits per heavy atom. The van der Waals surface area contributed by atoms with Gasteiger partial charge in [0.2, 0.25) is 12.0 Å². The summed E-state index contributed by atoms with van der Waals surface area (Å²) in [6.45, 7) is 1.71. The highest BCUT2D eigenvalue weighted by molar-refractivity contribution is 6.13. The van der Waals surface area contributed by atoms with Gasteiger partial charge in [-0.1, -0.05) is 19.1 Å². The van der Waals surface area contributed by atoms with E-state index in [0.29, 0.717) is 6.42 Å². The smallest absolute Gasteiger partial charge is 0.220 e. The Morgan fingerprint density at radius 3 is 2.50 bits per heavy atom. The molecular formula is C12H12F2O2. The molecule has 0 radical (unpaired) electrons.